The fourth-order valence-electron chi connectivity index (χ4n) is 1.66. The molecule has 0 fully saturated rings. The third kappa shape index (κ3) is 2.47. The van der Waals surface area contributed by atoms with Crippen LogP contribution in [0.1, 0.15) is 28.9 Å². The van der Waals surface area contributed by atoms with Crippen LogP contribution in [0.5, 0.6) is 0 Å². The topological polar surface area (TPSA) is 68.3 Å². The van der Waals surface area contributed by atoms with E-state index < -0.39 is 0 Å². The van der Waals surface area contributed by atoms with Gasteiger partial charge in [0, 0.05) is 5.69 Å². The number of hydrogen-bond donors (Lipinski definition) is 2. The predicted octanol–water partition coefficient (Wildman–Crippen LogP) is 2.35. The molecule has 1 atom stereocenters. The third-order valence-electron chi connectivity index (χ3n) is 2.59. The number of anilines is 1. The lowest BCUT2D eigenvalue weighted by Crippen LogP contribution is -2.26. The van der Waals surface area contributed by atoms with Gasteiger partial charge < -0.3 is 15.5 Å². The van der Waals surface area contributed by atoms with Crippen molar-refractivity contribution >= 4 is 11.6 Å². The Hall–Kier alpha value is -2.23. The first-order valence-corrected chi connectivity index (χ1v) is 5.36. The molecule has 0 bridgehead atoms. The molecule has 88 valence electrons. The normalized spacial score (nSPS) is 12.1. The first-order chi connectivity index (χ1) is 8.18. The number of nitrogen functional groups attached to an aromatic ring is 1. The molecule has 0 saturated carbocycles. The highest BCUT2D eigenvalue weighted by Gasteiger charge is 2.13. The Kier molecular flexibility index (Phi) is 3.14. The summed E-state index contributed by atoms with van der Waals surface area (Å²) >= 11 is 0. The van der Waals surface area contributed by atoms with Gasteiger partial charge in [-0.2, -0.15) is 0 Å². The fraction of sp³-hybridized carbons (Fsp3) is 0.154. The zero-order valence-electron chi connectivity index (χ0n) is 9.51. The van der Waals surface area contributed by atoms with Gasteiger partial charge in [-0.15, -0.1) is 0 Å². The Morgan fingerprint density at radius 3 is 2.76 bits per heavy atom. The molecule has 1 aromatic heterocycles. The smallest absolute Gasteiger partial charge is 0.255 e. The highest BCUT2D eigenvalue weighted by atomic mass is 16.3. The number of benzene rings is 1. The van der Waals surface area contributed by atoms with Gasteiger partial charge in [-0.1, -0.05) is 18.2 Å². The highest BCUT2D eigenvalue weighted by Crippen LogP contribution is 2.19. The standard InChI is InChI=1S/C13H14N2O2/c1-9(11-4-2-3-5-12(11)14)15-13(16)10-6-7-17-8-10/h2-9H,14H2,1H3,(H,15,16). The maximum atomic E-state index is 11.8. The lowest BCUT2D eigenvalue weighted by Gasteiger charge is -2.15. The average Bonchev–Trinajstić information content (AvgIpc) is 2.82. The van der Waals surface area contributed by atoms with Gasteiger partial charge in [0.1, 0.15) is 6.26 Å². The maximum absolute atomic E-state index is 11.8. The Balaban J connectivity index is 2.10. The van der Waals surface area contributed by atoms with Gasteiger partial charge in [-0.05, 0) is 24.6 Å². The Morgan fingerprint density at radius 1 is 1.35 bits per heavy atom. The number of carbonyl (C=O) groups is 1. The van der Waals surface area contributed by atoms with E-state index in [1.165, 1.54) is 12.5 Å². The van der Waals surface area contributed by atoms with Crippen LogP contribution in [0.3, 0.4) is 0 Å². The SMILES string of the molecule is CC(NC(=O)c1ccoc1)c1ccccc1N. The minimum Gasteiger partial charge on any atom is -0.472 e. The van der Waals surface area contributed by atoms with Gasteiger partial charge in [-0.3, -0.25) is 4.79 Å². The molecule has 0 aliphatic rings. The van der Waals surface area contributed by atoms with E-state index in [0.717, 1.165) is 5.56 Å². The summed E-state index contributed by atoms with van der Waals surface area (Å²) in [6.07, 6.45) is 2.88. The van der Waals surface area contributed by atoms with Gasteiger partial charge in [0.15, 0.2) is 0 Å². The summed E-state index contributed by atoms with van der Waals surface area (Å²) in [4.78, 5) is 11.8. The summed E-state index contributed by atoms with van der Waals surface area (Å²) < 4.78 is 4.86. The summed E-state index contributed by atoms with van der Waals surface area (Å²) in [6.45, 7) is 1.89. The van der Waals surface area contributed by atoms with Crippen LogP contribution in [0, 0.1) is 0 Å². The average molecular weight is 230 g/mol. The minimum atomic E-state index is -0.172. The van der Waals surface area contributed by atoms with Crippen LogP contribution in [0.25, 0.3) is 0 Å². The van der Waals surface area contributed by atoms with Crippen molar-refractivity contribution in [3.8, 4) is 0 Å². The van der Waals surface area contributed by atoms with Crippen LogP contribution >= 0.6 is 0 Å². The van der Waals surface area contributed by atoms with Crippen LogP contribution in [0.2, 0.25) is 0 Å². The van der Waals surface area contributed by atoms with Crippen LogP contribution in [-0.4, -0.2) is 5.91 Å². The number of rotatable bonds is 3. The second kappa shape index (κ2) is 4.74. The molecule has 2 aromatic rings. The number of para-hydroxylation sites is 1. The van der Waals surface area contributed by atoms with Crippen LogP contribution in [0.4, 0.5) is 5.69 Å². The summed E-state index contributed by atoms with van der Waals surface area (Å²) in [6, 6.07) is 8.95. The minimum absolute atomic E-state index is 0.140. The first kappa shape index (κ1) is 11.3. The van der Waals surface area contributed by atoms with E-state index in [1.54, 1.807) is 6.07 Å². The molecular formula is C13H14N2O2. The Bertz CT molecular complexity index is 506. The fourth-order valence-corrected chi connectivity index (χ4v) is 1.66. The van der Waals surface area contributed by atoms with Gasteiger partial charge in [0.05, 0.1) is 17.9 Å². The molecule has 17 heavy (non-hydrogen) atoms. The highest BCUT2D eigenvalue weighted by molar-refractivity contribution is 5.94. The van der Waals surface area contributed by atoms with E-state index in [2.05, 4.69) is 5.32 Å². The molecule has 0 aliphatic carbocycles. The number of hydrogen-bond acceptors (Lipinski definition) is 3. The zero-order valence-corrected chi connectivity index (χ0v) is 9.51. The van der Waals surface area contributed by atoms with Gasteiger partial charge in [0.25, 0.3) is 5.91 Å². The molecule has 0 saturated heterocycles. The summed E-state index contributed by atoms with van der Waals surface area (Å²) in [7, 11) is 0. The van der Waals surface area contributed by atoms with Gasteiger partial charge >= 0.3 is 0 Å². The first-order valence-electron chi connectivity index (χ1n) is 5.36. The van der Waals surface area contributed by atoms with Crippen molar-refractivity contribution in [3.63, 3.8) is 0 Å². The summed E-state index contributed by atoms with van der Waals surface area (Å²) in [5.41, 5.74) is 7.93. The van der Waals surface area contributed by atoms with Crippen LogP contribution in [0.15, 0.2) is 47.3 Å². The van der Waals surface area contributed by atoms with E-state index >= 15 is 0 Å². The van der Waals surface area contributed by atoms with E-state index in [0.29, 0.717) is 11.3 Å². The zero-order chi connectivity index (χ0) is 12.3. The number of nitrogens with two attached hydrogens (primary N) is 1. The van der Waals surface area contributed by atoms with E-state index in [1.807, 2.05) is 31.2 Å². The number of furan rings is 1. The van der Waals surface area contributed by atoms with Crippen molar-refractivity contribution < 1.29 is 9.21 Å². The Morgan fingerprint density at radius 2 is 2.12 bits per heavy atom. The number of carbonyl (C=O) groups excluding carboxylic acids is 1. The van der Waals surface area contributed by atoms with Crippen molar-refractivity contribution in [2.24, 2.45) is 0 Å². The van der Waals surface area contributed by atoms with Crippen molar-refractivity contribution in [3.05, 3.63) is 54.0 Å². The van der Waals surface area contributed by atoms with Gasteiger partial charge in [-0.25, -0.2) is 0 Å². The lowest BCUT2D eigenvalue weighted by atomic mass is 10.1. The largest absolute Gasteiger partial charge is 0.472 e. The molecule has 0 aliphatic heterocycles. The van der Waals surface area contributed by atoms with Crippen molar-refractivity contribution in [2.45, 2.75) is 13.0 Å². The molecule has 4 nitrogen and oxygen atoms in total. The van der Waals surface area contributed by atoms with Gasteiger partial charge in [0.2, 0.25) is 0 Å². The molecule has 1 amide bonds. The lowest BCUT2D eigenvalue weighted by molar-refractivity contribution is 0.0939. The number of nitrogens with one attached hydrogen (secondary N) is 1. The molecular weight excluding hydrogens is 216 g/mol. The summed E-state index contributed by atoms with van der Waals surface area (Å²) in [5, 5.41) is 2.86. The molecule has 1 unspecified atom stereocenters. The van der Waals surface area contributed by atoms with Crippen molar-refractivity contribution in [2.75, 3.05) is 5.73 Å². The van der Waals surface area contributed by atoms with Crippen LogP contribution in [-0.2, 0) is 0 Å². The quantitative estimate of drug-likeness (QED) is 0.795. The second-order valence-corrected chi connectivity index (χ2v) is 3.84. The molecule has 0 radical (unpaired) electrons. The molecule has 1 heterocycles. The Labute approximate surface area is 99.4 Å². The van der Waals surface area contributed by atoms with E-state index in [-0.39, 0.29) is 11.9 Å². The molecule has 3 N–H and O–H groups in total. The molecule has 0 spiro atoms. The summed E-state index contributed by atoms with van der Waals surface area (Å²) in [5.74, 6) is -0.172. The third-order valence-corrected chi connectivity index (χ3v) is 2.59. The van der Waals surface area contributed by atoms with Crippen molar-refractivity contribution in [1.82, 2.24) is 5.32 Å². The van der Waals surface area contributed by atoms with Crippen LogP contribution < -0.4 is 11.1 Å². The molecule has 2 rings (SSSR count). The predicted molar refractivity (Wildman–Crippen MR) is 65.4 cm³/mol. The molecule has 4 heteroatoms. The monoisotopic (exact) mass is 230 g/mol. The van der Waals surface area contributed by atoms with E-state index in [4.69, 9.17) is 10.2 Å². The van der Waals surface area contributed by atoms with E-state index in [9.17, 15) is 4.79 Å². The second-order valence-electron chi connectivity index (χ2n) is 3.84. The number of amides is 1. The maximum Gasteiger partial charge on any atom is 0.255 e. The molecule has 1 aromatic carbocycles. The van der Waals surface area contributed by atoms with Crippen molar-refractivity contribution in [1.29, 1.82) is 0 Å².